The Kier molecular flexibility index (Phi) is 5.20. The van der Waals surface area contributed by atoms with E-state index in [4.69, 9.17) is 9.26 Å². The minimum absolute atomic E-state index is 0.0408. The SMILES string of the molecule is COCC(=O)N1CCCCCC1c1noc(-c2ccc(F)cc2)n1. The van der Waals surface area contributed by atoms with E-state index < -0.39 is 0 Å². The number of halogens is 1. The van der Waals surface area contributed by atoms with Crippen molar-refractivity contribution in [3.8, 4) is 11.5 Å². The fraction of sp³-hybridized carbons (Fsp3) is 0.471. The Hall–Kier alpha value is -2.28. The average Bonchev–Trinajstić information content (AvgIpc) is 2.93. The highest BCUT2D eigenvalue weighted by Gasteiger charge is 2.30. The van der Waals surface area contributed by atoms with E-state index in [1.165, 1.54) is 19.2 Å². The Balaban J connectivity index is 1.85. The third-order valence-corrected chi connectivity index (χ3v) is 4.17. The van der Waals surface area contributed by atoms with E-state index in [0.717, 1.165) is 25.7 Å². The van der Waals surface area contributed by atoms with Crippen LogP contribution in [-0.4, -0.2) is 41.2 Å². The summed E-state index contributed by atoms with van der Waals surface area (Å²) < 4.78 is 23.3. The van der Waals surface area contributed by atoms with E-state index in [2.05, 4.69) is 10.1 Å². The van der Waals surface area contributed by atoms with Crippen molar-refractivity contribution >= 4 is 5.91 Å². The fourth-order valence-electron chi connectivity index (χ4n) is 2.96. The van der Waals surface area contributed by atoms with Crippen LogP contribution in [0.15, 0.2) is 28.8 Å². The lowest BCUT2D eigenvalue weighted by molar-refractivity contribution is -0.137. The molecule has 2 heterocycles. The number of amides is 1. The van der Waals surface area contributed by atoms with E-state index in [-0.39, 0.29) is 24.4 Å². The van der Waals surface area contributed by atoms with Crippen LogP contribution in [0, 0.1) is 5.82 Å². The molecule has 6 nitrogen and oxygen atoms in total. The number of carbonyl (C=O) groups excluding carboxylic acids is 1. The van der Waals surface area contributed by atoms with Crippen molar-refractivity contribution in [3.63, 3.8) is 0 Å². The first kappa shape index (κ1) is 16.6. The lowest BCUT2D eigenvalue weighted by Crippen LogP contribution is -2.37. The minimum Gasteiger partial charge on any atom is -0.375 e. The largest absolute Gasteiger partial charge is 0.375 e. The third kappa shape index (κ3) is 3.62. The van der Waals surface area contributed by atoms with Crippen LogP contribution in [0.25, 0.3) is 11.5 Å². The zero-order chi connectivity index (χ0) is 16.9. The number of rotatable bonds is 4. The quantitative estimate of drug-likeness (QED) is 0.860. The first-order chi connectivity index (χ1) is 11.7. The van der Waals surface area contributed by atoms with Crippen LogP contribution >= 0.6 is 0 Å². The van der Waals surface area contributed by atoms with Crippen LogP contribution in [0.4, 0.5) is 4.39 Å². The maximum Gasteiger partial charge on any atom is 0.258 e. The molecular weight excluding hydrogens is 313 g/mol. The number of hydrogen-bond acceptors (Lipinski definition) is 5. The van der Waals surface area contributed by atoms with Crippen LogP contribution < -0.4 is 0 Å². The molecule has 0 aliphatic carbocycles. The lowest BCUT2D eigenvalue weighted by atomic mass is 10.1. The molecule has 24 heavy (non-hydrogen) atoms. The molecule has 1 amide bonds. The van der Waals surface area contributed by atoms with Crippen molar-refractivity contribution in [3.05, 3.63) is 35.9 Å². The molecule has 0 radical (unpaired) electrons. The van der Waals surface area contributed by atoms with Crippen molar-refractivity contribution in [1.82, 2.24) is 15.0 Å². The Labute approximate surface area is 139 Å². The third-order valence-electron chi connectivity index (χ3n) is 4.17. The molecule has 7 heteroatoms. The van der Waals surface area contributed by atoms with Gasteiger partial charge in [0.1, 0.15) is 12.4 Å². The van der Waals surface area contributed by atoms with Gasteiger partial charge in [-0.1, -0.05) is 18.0 Å². The summed E-state index contributed by atoms with van der Waals surface area (Å²) in [6.07, 6.45) is 3.81. The maximum absolute atomic E-state index is 13.0. The van der Waals surface area contributed by atoms with Crippen LogP contribution in [0.2, 0.25) is 0 Å². The van der Waals surface area contributed by atoms with Gasteiger partial charge in [0.15, 0.2) is 5.82 Å². The van der Waals surface area contributed by atoms with Gasteiger partial charge in [-0.15, -0.1) is 0 Å². The molecule has 128 valence electrons. The molecule has 1 atom stereocenters. The molecule has 1 aliphatic rings. The van der Waals surface area contributed by atoms with Gasteiger partial charge in [0, 0.05) is 19.2 Å². The normalized spacial score (nSPS) is 18.4. The first-order valence-electron chi connectivity index (χ1n) is 8.07. The Morgan fingerprint density at radius 3 is 2.88 bits per heavy atom. The number of nitrogens with zero attached hydrogens (tertiary/aromatic N) is 3. The fourth-order valence-corrected chi connectivity index (χ4v) is 2.96. The Bertz CT molecular complexity index is 687. The molecule has 3 rings (SSSR count). The number of hydrogen-bond donors (Lipinski definition) is 0. The van der Waals surface area contributed by atoms with Crippen molar-refractivity contribution in [2.45, 2.75) is 31.7 Å². The highest BCUT2D eigenvalue weighted by atomic mass is 19.1. The maximum atomic E-state index is 13.0. The predicted molar refractivity (Wildman–Crippen MR) is 84.5 cm³/mol. The zero-order valence-electron chi connectivity index (χ0n) is 13.6. The van der Waals surface area contributed by atoms with Crippen LogP contribution in [0.1, 0.15) is 37.5 Å². The summed E-state index contributed by atoms with van der Waals surface area (Å²) in [6.45, 7) is 0.701. The first-order valence-corrected chi connectivity index (χ1v) is 8.07. The number of carbonyl (C=O) groups is 1. The molecule has 1 unspecified atom stereocenters. The van der Waals surface area contributed by atoms with E-state index in [1.54, 1.807) is 17.0 Å². The Morgan fingerprint density at radius 2 is 2.12 bits per heavy atom. The minimum atomic E-state index is -0.321. The summed E-state index contributed by atoms with van der Waals surface area (Å²) in [5.41, 5.74) is 0.651. The predicted octanol–water partition coefficient (Wildman–Crippen LogP) is 2.97. The van der Waals surface area contributed by atoms with Gasteiger partial charge in [-0.05, 0) is 37.1 Å². The molecule has 1 aromatic heterocycles. The van der Waals surface area contributed by atoms with E-state index in [1.807, 2.05) is 0 Å². The molecule has 0 saturated carbocycles. The van der Waals surface area contributed by atoms with E-state index >= 15 is 0 Å². The monoisotopic (exact) mass is 333 g/mol. The van der Waals surface area contributed by atoms with Gasteiger partial charge < -0.3 is 14.2 Å². The summed E-state index contributed by atoms with van der Waals surface area (Å²) in [6, 6.07) is 5.66. The summed E-state index contributed by atoms with van der Waals surface area (Å²) >= 11 is 0. The van der Waals surface area contributed by atoms with Crippen LogP contribution in [0.3, 0.4) is 0 Å². The standard InChI is InChI=1S/C17H20FN3O3/c1-23-11-15(22)21-10-4-2-3-5-14(21)16-19-17(24-20-16)12-6-8-13(18)9-7-12/h6-9,14H,2-5,10-11H2,1H3. The van der Waals surface area contributed by atoms with Crippen molar-refractivity contribution < 1.29 is 18.4 Å². The molecule has 1 aliphatic heterocycles. The highest BCUT2D eigenvalue weighted by Crippen LogP contribution is 2.30. The van der Waals surface area contributed by atoms with Crippen molar-refractivity contribution in [2.75, 3.05) is 20.3 Å². The second-order valence-electron chi connectivity index (χ2n) is 5.85. The number of likely N-dealkylation sites (tertiary alicyclic amines) is 1. The summed E-state index contributed by atoms with van der Waals surface area (Å²) in [5, 5.41) is 4.06. The van der Waals surface area contributed by atoms with Crippen molar-refractivity contribution in [2.24, 2.45) is 0 Å². The van der Waals surface area contributed by atoms with E-state index in [9.17, 15) is 9.18 Å². The zero-order valence-corrected chi connectivity index (χ0v) is 13.6. The summed E-state index contributed by atoms with van der Waals surface area (Å²) in [4.78, 5) is 18.5. The van der Waals surface area contributed by atoms with Gasteiger partial charge >= 0.3 is 0 Å². The number of ether oxygens (including phenoxy) is 1. The summed E-state index contributed by atoms with van der Waals surface area (Å²) in [7, 11) is 1.51. The smallest absolute Gasteiger partial charge is 0.258 e. The van der Waals surface area contributed by atoms with Gasteiger partial charge in [0.25, 0.3) is 5.89 Å². The molecule has 0 spiro atoms. The van der Waals surface area contributed by atoms with Gasteiger partial charge in [0.2, 0.25) is 5.91 Å². The molecule has 1 fully saturated rings. The van der Waals surface area contributed by atoms with Gasteiger partial charge in [-0.25, -0.2) is 4.39 Å². The second kappa shape index (κ2) is 7.53. The molecule has 1 saturated heterocycles. The molecule has 0 bridgehead atoms. The highest BCUT2D eigenvalue weighted by molar-refractivity contribution is 5.77. The number of methoxy groups -OCH3 is 1. The second-order valence-corrected chi connectivity index (χ2v) is 5.85. The molecule has 2 aromatic rings. The van der Waals surface area contributed by atoms with Gasteiger partial charge in [-0.3, -0.25) is 4.79 Å². The number of benzene rings is 1. The number of aromatic nitrogens is 2. The molecular formula is C17H20FN3O3. The molecule has 1 aromatic carbocycles. The van der Waals surface area contributed by atoms with Crippen LogP contribution in [0.5, 0.6) is 0 Å². The van der Waals surface area contributed by atoms with Crippen LogP contribution in [-0.2, 0) is 9.53 Å². The summed E-state index contributed by atoms with van der Waals surface area (Å²) in [5.74, 6) is 0.421. The molecule has 0 N–H and O–H groups in total. The van der Waals surface area contributed by atoms with Gasteiger partial charge in [0.05, 0.1) is 6.04 Å². The van der Waals surface area contributed by atoms with E-state index in [0.29, 0.717) is 23.8 Å². The van der Waals surface area contributed by atoms with Crippen molar-refractivity contribution in [1.29, 1.82) is 0 Å². The lowest BCUT2D eigenvalue weighted by Gasteiger charge is -2.27. The average molecular weight is 333 g/mol. The Morgan fingerprint density at radius 1 is 1.33 bits per heavy atom. The topological polar surface area (TPSA) is 68.5 Å². The van der Waals surface area contributed by atoms with Gasteiger partial charge in [-0.2, -0.15) is 4.98 Å².